The highest BCUT2D eigenvalue weighted by molar-refractivity contribution is 4.70. The molecule has 0 unspecified atom stereocenters. The highest BCUT2D eigenvalue weighted by Gasteiger charge is 2.36. The molecule has 0 radical (unpaired) electrons. The lowest BCUT2D eigenvalue weighted by atomic mass is 10.3. The van der Waals surface area contributed by atoms with Crippen LogP contribution >= 0.6 is 0 Å². The summed E-state index contributed by atoms with van der Waals surface area (Å²) in [5.74, 6) is -0.441. The molecule has 1 N–H and O–H groups in total. The van der Waals surface area contributed by atoms with Gasteiger partial charge in [-0.2, -0.15) is 0 Å². The Morgan fingerprint density at radius 3 is 2.40 bits per heavy atom. The van der Waals surface area contributed by atoms with Crippen LogP contribution in [0.3, 0.4) is 0 Å². The molecule has 0 amide bonds. The zero-order chi connectivity index (χ0) is 10.8. The molecule has 0 aromatic carbocycles. The summed E-state index contributed by atoms with van der Waals surface area (Å²) in [4.78, 5) is 0. The topological polar surface area (TPSA) is 38.7 Å². The summed E-state index contributed by atoms with van der Waals surface area (Å²) in [5.41, 5.74) is 0. The van der Waals surface area contributed by atoms with Crippen molar-refractivity contribution in [2.24, 2.45) is 0 Å². The monoisotopic (exact) mass is 283 g/mol. The summed E-state index contributed by atoms with van der Waals surface area (Å²) in [6.07, 6.45) is 0.145. The van der Waals surface area contributed by atoms with E-state index in [-0.39, 0.29) is 29.7 Å². The lowest BCUT2D eigenvalue weighted by Crippen LogP contribution is -3.00. The fraction of sp³-hybridized carbons (Fsp3) is 1.00. The number of ether oxygens (including phenoxy) is 2. The number of hydrogen-bond donors (Lipinski definition) is 1. The first-order valence-electron chi connectivity index (χ1n) is 5.09. The Labute approximate surface area is 103 Å². The molecule has 1 aliphatic rings. The van der Waals surface area contributed by atoms with E-state index in [0.717, 1.165) is 17.6 Å². The van der Waals surface area contributed by atoms with Gasteiger partial charge in [0.25, 0.3) is 0 Å². The van der Waals surface area contributed by atoms with Crippen molar-refractivity contribution in [1.82, 2.24) is 0 Å². The normalized spacial score (nSPS) is 25.0. The minimum atomic E-state index is -0.441. The van der Waals surface area contributed by atoms with Gasteiger partial charge in [-0.3, -0.25) is 0 Å². The number of rotatable bonds is 4. The van der Waals surface area contributed by atoms with Crippen molar-refractivity contribution in [2.45, 2.75) is 25.7 Å². The SMILES string of the molecule is CC1(C)OC[C@@H](C[N+](C)(C)CCO)O1.[Br-]. The van der Waals surface area contributed by atoms with Gasteiger partial charge in [0, 0.05) is 0 Å². The second-order valence-electron chi connectivity index (χ2n) is 5.02. The van der Waals surface area contributed by atoms with Crippen LogP contribution in [0.2, 0.25) is 0 Å². The van der Waals surface area contributed by atoms with Gasteiger partial charge in [-0.15, -0.1) is 0 Å². The van der Waals surface area contributed by atoms with Crippen LogP contribution in [0.25, 0.3) is 0 Å². The Morgan fingerprint density at radius 1 is 1.40 bits per heavy atom. The number of quaternary nitrogens is 1. The fourth-order valence-corrected chi connectivity index (χ4v) is 1.77. The zero-order valence-corrected chi connectivity index (χ0v) is 11.6. The highest BCUT2D eigenvalue weighted by atomic mass is 79.9. The Morgan fingerprint density at radius 2 is 2.00 bits per heavy atom. The zero-order valence-electron chi connectivity index (χ0n) is 9.99. The van der Waals surface area contributed by atoms with Crippen LogP contribution in [0.4, 0.5) is 0 Å². The van der Waals surface area contributed by atoms with Gasteiger partial charge in [0.05, 0.1) is 27.3 Å². The quantitative estimate of drug-likeness (QED) is 0.567. The van der Waals surface area contributed by atoms with Gasteiger partial charge in [-0.05, 0) is 13.8 Å². The lowest BCUT2D eigenvalue weighted by molar-refractivity contribution is -0.893. The minimum absolute atomic E-state index is 0. The largest absolute Gasteiger partial charge is 1.00 e. The molecule has 1 atom stereocenters. The Hall–Kier alpha value is 0.320. The maximum Gasteiger partial charge on any atom is 0.163 e. The van der Waals surface area contributed by atoms with Crippen molar-refractivity contribution in [3.8, 4) is 0 Å². The van der Waals surface area contributed by atoms with Crippen LogP contribution in [0, 0.1) is 0 Å². The van der Waals surface area contributed by atoms with Crippen LogP contribution in [0.15, 0.2) is 0 Å². The maximum absolute atomic E-state index is 8.89. The van der Waals surface area contributed by atoms with Gasteiger partial charge >= 0.3 is 0 Å². The molecule has 0 bridgehead atoms. The first-order valence-corrected chi connectivity index (χ1v) is 5.09. The Bertz CT molecular complexity index is 197. The van der Waals surface area contributed by atoms with E-state index < -0.39 is 5.79 Å². The molecular formula is C10H22BrNO3. The van der Waals surface area contributed by atoms with Crippen LogP contribution < -0.4 is 17.0 Å². The molecule has 1 heterocycles. The number of halogens is 1. The van der Waals surface area contributed by atoms with Gasteiger partial charge in [-0.1, -0.05) is 0 Å². The van der Waals surface area contributed by atoms with E-state index in [4.69, 9.17) is 14.6 Å². The van der Waals surface area contributed by atoms with Crippen molar-refractivity contribution in [3.05, 3.63) is 0 Å². The number of aliphatic hydroxyl groups excluding tert-OH is 1. The molecule has 1 aliphatic heterocycles. The standard InChI is InChI=1S/C10H22NO3.BrH/c1-10(2)13-8-9(14-10)7-11(3,4)5-6-12;/h9,12H,5-8H2,1-4H3;1H/q+1;/p-1/t9-;/m1./s1. The number of nitrogens with zero attached hydrogens (tertiary/aromatic N) is 1. The van der Waals surface area contributed by atoms with Crippen molar-refractivity contribution in [1.29, 1.82) is 0 Å². The predicted molar refractivity (Wildman–Crippen MR) is 53.8 cm³/mol. The maximum atomic E-state index is 8.89. The van der Waals surface area contributed by atoms with E-state index in [1.807, 2.05) is 13.8 Å². The fourth-order valence-electron chi connectivity index (χ4n) is 1.77. The van der Waals surface area contributed by atoms with E-state index in [0.29, 0.717) is 6.61 Å². The molecule has 4 nitrogen and oxygen atoms in total. The van der Waals surface area contributed by atoms with Crippen LogP contribution in [-0.2, 0) is 9.47 Å². The van der Waals surface area contributed by atoms with Crippen molar-refractivity contribution in [2.75, 3.05) is 40.4 Å². The number of hydrogen-bond acceptors (Lipinski definition) is 3. The van der Waals surface area contributed by atoms with E-state index >= 15 is 0 Å². The van der Waals surface area contributed by atoms with Gasteiger partial charge in [0.15, 0.2) is 5.79 Å². The Kier molecular flexibility index (Phi) is 5.71. The van der Waals surface area contributed by atoms with Gasteiger partial charge in [-0.25, -0.2) is 0 Å². The lowest BCUT2D eigenvalue weighted by Gasteiger charge is -2.31. The van der Waals surface area contributed by atoms with Crippen LogP contribution in [0.5, 0.6) is 0 Å². The first kappa shape index (κ1) is 15.3. The molecule has 0 aliphatic carbocycles. The molecule has 92 valence electrons. The van der Waals surface area contributed by atoms with Crippen molar-refractivity contribution < 1.29 is 36.0 Å². The Balaban J connectivity index is 0.00000196. The number of aliphatic hydroxyl groups is 1. The molecule has 1 saturated heterocycles. The summed E-state index contributed by atoms with van der Waals surface area (Å²) in [6, 6.07) is 0. The average Bonchev–Trinajstić information content (AvgIpc) is 2.28. The van der Waals surface area contributed by atoms with E-state index in [1.165, 1.54) is 0 Å². The van der Waals surface area contributed by atoms with Gasteiger partial charge in [0.2, 0.25) is 0 Å². The first-order chi connectivity index (χ1) is 6.35. The third kappa shape index (κ3) is 5.26. The van der Waals surface area contributed by atoms with Crippen molar-refractivity contribution in [3.63, 3.8) is 0 Å². The van der Waals surface area contributed by atoms with Crippen molar-refractivity contribution >= 4 is 0 Å². The molecule has 0 aromatic rings. The summed E-state index contributed by atoms with van der Waals surface area (Å²) >= 11 is 0. The summed E-state index contributed by atoms with van der Waals surface area (Å²) < 4.78 is 12.0. The average molecular weight is 284 g/mol. The molecule has 0 spiro atoms. The third-order valence-corrected chi connectivity index (χ3v) is 2.47. The van der Waals surface area contributed by atoms with Crippen LogP contribution in [0.1, 0.15) is 13.8 Å². The summed E-state index contributed by atoms with van der Waals surface area (Å²) in [5, 5.41) is 8.89. The van der Waals surface area contributed by atoms with Gasteiger partial charge in [0.1, 0.15) is 19.2 Å². The molecular weight excluding hydrogens is 262 g/mol. The molecule has 5 heteroatoms. The molecule has 1 rings (SSSR count). The molecule has 0 saturated carbocycles. The highest BCUT2D eigenvalue weighted by Crippen LogP contribution is 2.23. The molecule has 1 fully saturated rings. The number of likely N-dealkylation sites (N-methyl/N-ethyl adjacent to an activating group) is 1. The molecule has 0 aromatic heterocycles. The summed E-state index contributed by atoms with van der Waals surface area (Å²) in [7, 11) is 4.18. The second kappa shape index (κ2) is 5.59. The van der Waals surface area contributed by atoms with Gasteiger partial charge < -0.3 is 36.0 Å². The smallest absolute Gasteiger partial charge is 0.163 e. The second-order valence-corrected chi connectivity index (χ2v) is 5.02. The van der Waals surface area contributed by atoms with Crippen LogP contribution in [-0.4, -0.2) is 61.9 Å². The van der Waals surface area contributed by atoms with E-state index in [2.05, 4.69) is 14.1 Å². The van der Waals surface area contributed by atoms with E-state index in [9.17, 15) is 0 Å². The summed E-state index contributed by atoms with van der Waals surface area (Å²) in [6.45, 7) is 6.35. The minimum Gasteiger partial charge on any atom is -1.00 e. The molecule has 15 heavy (non-hydrogen) atoms. The third-order valence-electron chi connectivity index (χ3n) is 2.47. The van der Waals surface area contributed by atoms with E-state index in [1.54, 1.807) is 0 Å². The predicted octanol–water partition coefficient (Wildman–Crippen LogP) is -2.79.